The van der Waals surface area contributed by atoms with Crippen molar-refractivity contribution < 1.29 is 19.5 Å². The number of halogens is 1. The summed E-state index contributed by atoms with van der Waals surface area (Å²) in [6.45, 7) is 1.67. The minimum Gasteiger partial charge on any atom is -0.395 e. The predicted octanol–water partition coefficient (Wildman–Crippen LogP) is 1.60. The predicted molar refractivity (Wildman–Crippen MR) is 114 cm³/mol. The number of anilines is 1. The van der Waals surface area contributed by atoms with E-state index in [1.807, 2.05) is 30.3 Å². The molecule has 0 aromatic heterocycles. The summed E-state index contributed by atoms with van der Waals surface area (Å²) in [5.74, 6) is -2.85. The largest absolute Gasteiger partial charge is 0.395 e. The van der Waals surface area contributed by atoms with E-state index in [1.165, 1.54) is 4.90 Å². The number of amides is 3. The Bertz CT molecular complexity index is 1110. The molecule has 2 fully saturated rings. The fourth-order valence-electron chi connectivity index (χ4n) is 5.31. The van der Waals surface area contributed by atoms with Gasteiger partial charge in [-0.1, -0.05) is 48.0 Å². The number of nitrogens with zero attached hydrogens (tertiary/aromatic N) is 1. The van der Waals surface area contributed by atoms with E-state index < -0.39 is 29.3 Å². The van der Waals surface area contributed by atoms with Crippen molar-refractivity contribution in [2.45, 2.75) is 24.9 Å². The third-order valence-corrected chi connectivity index (χ3v) is 7.25. The molecule has 3 aliphatic rings. The monoisotopic (exact) mass is 439 g/mol. The Kier molecular flexibility index (Phi) is 4.66. The van der Waals surface area contributed by atoms with Gasteiger partial charge in [0.05, 0.1) is 24.1 Å². The first-order chi connectivity index (χ1) is 14.9. The molecule has 2 aromatic rings. The smallest absolute Gasteiger partial charge is 0.250 e. The van der Waals surface area contributed by atoms with Gasteiger partial charge in [0.1, 0.15) is 5.54 Å². The molecule has 5 rings (SSSR count). The van der Waals surface area contributed by atoms with Gasteiger partial charge in [0.2, 0.25) is 17.7 Å². The van der Waals surface area contributed by atoms with E-state index in [4.69, 9.17) is 11.6 Å². The average Bonchev–Trinajstić information content (AvgIpc) is 3.35. The van der Waals surface area contributed by atoms with E-state index in [9.17, 15) is 19.5 Å². The van der Waals surface area contributed by atoms with Crippen LogP contribution in [0.3, 0.4) is 0 Å². The van der Waals surface area contributed by atoms with E-state index in [0.29, 0.717) is 28.3 Å². The summed E-state index contributed by atoms with van der Waals surface area (Å²) in [6.07, 6.45) is 0.527. The second kappa shape index (κ2) is 7.15. The summed E-state index contributed by atoms with van der Waals surface area (Å²) < 4.78 is 0. The van der Waals surface area contributed by atoms with Crippen LogP contribution in [0.5, 0.6) is 0 Å². The first-order valence-corrected chi connectivity index (χ1v) is 10.7. The Labute approximate surface area is 184 Å². The van der Waals surface area contributed by atoms with Crippen molar-refractivity contribution in [3.8, 4) is 0 Å². The van der Waals surface area contributed by atoms with Gasteiger partial charge in [-0.15, -0.1) is 0 Å². The lowest BCUT2D eigenvalue weighted by atomic mass is 9.76. The number of hydrogen-bond acceptors (Lipinski definition) is 5. The molecule has 3 amide bonds. The molecule has 3 heterocycles. The SMILES string of the molecule is Cc1c(Cl)ccc2c1NC(=O)[C@@]21N[C@@H](CO)[C@H]2C(=O)N(CCc3ccccc3)C(=O)[C@@H]21. The molecule has 3 N–H and O–H groups in total. The third kappa shape index (κ3) is 2.70. The fraction of sp³-hybridized carbons (Fsp3) is 0.348. The van der Waals surface area contributed by atoms with Gasteiger partial charge >= 0.3 is 0 Å². The van der Waals surface area contributed by atoms with Crippen molar-refractivity contribution >= 4 is 35.0 Å². The first-order valence-electron chi connectivity index (χ1n) is 10.3. The molecule has 8 heteroatoms. The van der Waals surface area contributed by atoms with Crippen LogP contribution in [0, 0.1) is 18.8 Å². The molecule has 0 aliphatic carbocycles. The molecule has 2 aromatic carbocycles. The van der Waals surface area contributed by atoms with E-state index in [0.717, 1.165) is 5.56 Å². The number of carbonyl (C=O) groups excluding carboxylic acids is 3. The van der Waals surface area contributed by atoms with Gasteiger partial charge in [-0.3, -0.25) is 24.6 Å². The van der Waals surface area contributed by atoms with Gasteiger partial charge in [-0.2, -0.15) is 0 Å². The van der Waals surface area contributed by atoms with Gasteiger partial charge in [0.25, 0.3) is 0 Å². The minimum atomic E-state index is -1.41. The van der Waals surface area contributed by atoms with Crippen molar-refractivity contribution in [1.82, 2.24) is 10.2 Å². The third-order valence-electron chi connectivity index (χ3n) is 6.84. The number of carbonyl (C=O) groups is 3. The van der Waals surface area contributed by atoms with E-state index in [1.54, 1.807) is 19.1 Å². The molecule has 0 saturated carbocycles. The molecular weight excluding hydrogens is 418 g/mol. The van der Waals surface area contributed by atoms with Crippen LogP contribution in [-0.2, 0) is 26.3 Å². The molecule has 0 radical (unpaired) electrons. The van der Waals surface area contributed by atoms with Gasteiger partial charge < -0.3 is 10.4 Å². The number of likely N-dealkylation sites (tertiary alicyclic amines) is 1. The molecule has 0 bridgehead atoms. The highest BCUT2D eigenvalue weighted by atomic mass is 35.5. The van der Waals surface area contributed by atoms with Gasteiger partial charge in [-0.05, 0) is 30.5 Å². The summed E-state index contributed by atoms with van der Waals surface area (Å²) in [5.41, 5.74) is 1.47. The number of aliphatic hydroxyl groups is 1. The summed E-state index contributed by atoms with van der Waals surface area (Å²) in [7, 11) is 0. The molecular formula is C23H22ClN3O4. The number of rotatable bonds is 4. The quantitative estimate of drug-likeness (QED) is 0.628. The number of benzene rings is 2. The van der Waals surface area contributed by atoms with Crippen LogP contribution in [0.25, 0.3) is 0 Å². The minimum absolute atomic E-state index is 0.233. The summed E-state index contributed by atoms with van der Waals surface area (Å²) >= 11 is 6.24. The standard InChI is InChI=1S/C23H22ClN3O4/c1-12-15(24)8-7-14-19(12)25-22(31)23(14)18-17(16(11-28)26-23)20(29)27(21(18)30)10-9-13-5-3-2-4-6-13/h2-8,16-18,26,28H,9-11H2,1H3,(H,25,31)/t16-,17+,18+,23+/m0/s1. The molecule has 1 spiro atoms. The normalized spacial score (nSPS) is 28.9. The zero-order valence-electron chi connectivity index (χ0n) is 16.9. The topological polar surface area (TPSA) is 98.7 Å². The van der Waals surface area contributed by atoms with E-state index in [-0.39, 0.29) is 25.0 Å². The Balaban J connectivity index is 1.55. The highest BCUT2D eigenvalue weighted by molar-refractivity contribution is 6.32. The van der Waals surface area contributed by atoms with Crippen molar-refractivity contribution in [1.29, 1.82) is 0 Å². The van der Waals surface area contributed by atoms with Gasteiger partial charge in [0.15, 0.2) is 0 Å². The lowest BCUT2D eigenvalue weighted by molar-refractivity contribution is -0.142. The molecule has 4 atom stereocenters. The maximum atomic E-state index is 13.5. The lowest BCUT2D eigenvalue weighted by Crippen LogP contribution is -2.53. The molecule has 2 saturated heterocycles. The highest BCUT2D eigenvalue weighted by Gasteiger charge is 2.70. The Morgan fingerprint density at radius 2 is 1.84 bits per heavy atom. The zero-order valence-corrected chi connectivity index (χ0v) is 17.6. The van der Waals surface area contributed by atoms with Crippen molar-refractivity contribution in [2.75, 3.05) is 18.5 Å². The summed E-state index contributed by atoms with van der Waals surface area (Å²) in [4.78, 5) is 41.3. The van der Waals surface area contributed by atoms with Gasteiger partial charge in [0, 0.05) is 23.2 Å². The molecule has 0 unspecified atom stereocenters. The first kappa shape index (κ1) is 20.2. The summed E-state index contributed by atoms with van der Waals surface area (Å²) in [6, 6.07) is 12.3. The molecule has 160 valence electrons. The Hall–Kier alpha value is -2.74. The van der Waals surface area contributed by atoms with Crippen LogP contribution in [-0.4, -0.2) is 46.9 Å². The van der Waals surface area contributed by atoms with E-state index in [2.05, 4.69) is 10.6 Å². The van der Waals surface area contributed by atoms with Gasteiger partial charge in [-0.25, -0.2) is 0 Å². The number of hydrogen-bond donors (Lipinski definition) is 3. The van der Waals surface area contributed by atoms with Crippen LogP contribution >= 0.6 is 11.6 Å². The maximum absolute atomic E-state index is 13.5. The zero-order chi connectivity index (χ0) is 21.9. The van der Waals surface area contributed by atoms with Crippen LogP contribution in [0.1, 0.15) is 16.7 Å². The summed E-state index contributed by atoms with van der Waals surface area (Å²) in [5, 5.41) is 16.5. The second-order valence-electron chi connectivity index (χ2n) is 8.36. The fourth-order valence-corrected chi connectivity index (χ4v) is 5.47. The van der Waals surface area contributed by atoms with Crippen molar-refractivity contribution in [3.05, 3.63) is 64.2 Å². The Morgan fingerprint density at radius 3 is 2.55 bits per heavy atom. The number of aliphatic hydroxyl groups excluding tert-OH is 1. The Morgan fingerprint density at radius 1 is 1.10 bits per heavy atom. The number of imide groups is 1. The van der Waals surface area contributed by atoms with E-state index >= 15 is 0 Å². The van der Waals surface area contributed by atoms with Crippen molar-refractivity contribution in [2.24, 2.45) is 11.8 Å². The van der Waals surface area contributed by atoms with Crippen LogP contribution in [0.15, 0.2) is 42.5 Å². The molecule has 7 nitrogen and oxygen atoms in total. The highest BCUT2D eigenvalue weighted by Crippen LogP contribution is 2.53. The average molecular weight is 440 g/mol. The molecule has 31 heavy (non-hydrogen) atoms. The van der Waals surface area contributed by atoms with Crippen LogP contribution in [0.4, 0.5) is 5.69 Å². The maximum Gasteiger partial charge on any atom is 0.250 e. The number of nitrogens with one attached hydrogen (secondary N) is 2. The lowest BCUT2D eigenvalue weighted by Gasteiger charge is -2.29. The van der Waals surface area contributed by atoms with Crippen LogP contribution in [0.2, 0.25) is 5.02 Å². The van der Waals surface area contributed by atoms with Crippen molar-refractivity contribution in [3.63, 3.8) is 0 Å². The van der Waals surface area contributed by atoms with Crippen LogP contribution < -0.4 is 10.6 Å². The number of fused-ring (bicyclic) bond motifs is 4. The second-order valence-corrected chi connectivity index (χ2v) is 8.76. The molecule has 3 aliphatic heterocycles.